The molecule has 0 fully saturated rings. The summed E-state index contributed by atoms with van der Waals surface area (Å²) in [5.74, 6) is -0.116. The molecule has 0 saturated carbocycles. The third kappa shape index (κ3) is 4.75. The van der Waals surface area contributed by atoms with E-state index in [9.17, 15) is 13.2 Å². The second kappa shape index (κ2) is 7.96. The Morgan fingerprint density at radius 2 is 1.89 bits per heavy atom. The molecule has 0 aliphatic carbocycles. The van der Waals surface area contributed by atoms with Gasteiger partial charge in [-0.1, -0.05) is 11.3 Å². The molecule has 0 spiro atoms. The zero-order valence-electron chi connectivity index (χ0n) is 15.0. The number of aromatic nitrogens is 1. The van der Waals surface area contributed by atoms with Crippen LogP contribution in [-0.2, 0) is 9.84 Å². The van der Waals surface area contributed by atoms with E-state index in [1.165, 1.54) is 28.9 Å². The molecule has 2 aromatic heterocycles. The van der Waals surface area contributed by atoms with Crippen molar-refractivity contribution in [2.45, 2.75) is 4.90 Å². The maximum atomic E-state index is 13.0. The number of sulfone groups is 1. The summed E-state index contributed by atoms with van der Waals surface area (Å²) in [4.78, 5) is 22.1. The molecular formula is C17H18BrN3O3S3. The molecule has 6 nitrogen and oxygen atoms in total. The van der Waals surface area contributed by atoms with Crippen LogP contribution in [-0.4, -0.2) is 57.6 Å². The largest absolute Gasteiger partial charge is 0.308 e. The smallest absolute Gasteiger partial charge is 0.270 e. The van der Waals surface area contributed by atoms with Crippen LogP contribution in [0.3, 0.4) is 0 Å². The fraction of sp³-hybridized carbons (Fsp3) is 0.294. The van der Waals surface area contributed by atoms with Crippen LogP contribution in [0.25, 0.3) is 10.2 Å². The third-order valence-corrected chi connectivity index (χ3v) is 7.57. The number of anilines is 1. The summed E-state index contributed by atoms with van der Waals surface area (Å²) in [6, 6.07) is 8.47. The van der Waals surface area contributed by atoms with Crippen LogP contribution in [0.4, 0.5) is 5.13 Å². The van der Waals surface area contributed by atoms with Crippen molar-refractivity contribution in [2.75, 3.05) is 38.3 Å². The van der Waals surface area contributed by atoms with E-state index in [1.54, 1.807) is 29.2 Å². The van der Waals surface area contributed by atoms with Gasteiger partial charge in [-0.3, -0.25) is 9.69 Å². The summed E-state index contributed by atoms with van der Waals surface area (Å²) in [5.41, 5.74) is 0.678. The van der Waals surface area contributed by atoms with Crippen molar-refractivity contribution in [2.24, 2.45) is 0 Å². The van der Waals surface area contributed by atoms with Crippen molar-refractivity contribution >= 4 is 69.7 Å². The Kier molecular flexibility index (Phi) is 6.02. The lowest BCUT2D eigenvalue weighted by Gasteiger charge is -2.21. The van der Waals surface area contributed by atoms with E-state index in [0.717, 1.165) is 8.49 Å². The minimum atomic E-state index is -3.30. The molecule has 3 aromatic rings. The molecule has 1 aromatic carbocycles. The Balaban J connectivity index is 2.01. The van der Waals surface area contributed by atoms with Crippen LogP contribution in [0.15, 0.2) is 39.0 Å². The van der Waals surface area contributed by atoms with Crippen molar-refractivity contribution in [1.29, 1.82) is 0 Å². The lowest BCUT2D eigenvalue weighted by atomic mass is 10.3. The van der Waals surface area contributed by atoms with Gasteiger partial charge in [0.15, 0.2) is 15.0 Å². The van der Waals surface area contributed by atoms with Gasteiger partial charge in [-0.15, -0.1) is 11.3 Å². The van der Waals surface area contributed by atoms with Crippen LogP contribution < -0.4 is 4.90 Å². The molecule has 144 valence electrons. The highest BCUT2D eigenvalue weighted by Gasteiger charge is 2.23. The molecule has 10 heteroatoms. The van der Waals surface area contributed by atoms with E-state index in [1.807, 2.05) is 25.1 Å². The van der Waals surface area contributed by atoms with E-state index in [-0.39, 0.29) is 10.8 Å². The number of amides is 1. The van der Waals surface area contributed by atoms with Gasteiger partial charge in [0, 0.05) is 19.3 Å². The number of fused-ring (bicyclic) bond motifs is 1. The summed E-state index contributed by atoms with van der Waals surface area (Å²) < 4.78 is 25.2. The summed E-state index contributed by atoms with van der Waals surface area (Å²) in [7, 11) is 0.596. The first-order valence-corrected chi connectivity index (χ1v) is 12.3. The summed E-state index contributed by atoms with van der Waals surface area (Å²) >= 11 is 6.09. The van der Waals surface area contributed by atoms with Gasteiger partial charge >= 0.3 is 0 Å². The molecule has 0 saturated heterocycles. The number of hydrogen-bond acceptors (Lipinski definition) is 7. The molecule has 2 heterocycles. The van der Waals surface area contributed by atoms with Crippen molar-refractivity contribution in [3.05, 3.63) is 39.0 Å². The molecule has 0 atom stereocenters. The van der Waals surface area contributed by atoms with Gasteiger partial charge in [0.1, 0.15) is 0 Å². The van der Waals surface area contributed by atoms with Gasteiger partial charge in [-0.25, -0.2) is 13.4 Å². The molecule has 0 unspecified atom stereocenters. The number of carbonyl (C=O) groups excluding carboxylic acids is 1. The quantitative estimate of drug-likeness (QED) is 0.529. The zero-order chi connectivity index (χ0) is 19.8. The predicted molar refractivity (Wildman–Crippen MR) is 115 cm³/mol. The SMILES string of the molecule is CN(C)CCN(C(=O)c1ccc(Br)s1)c1nc2ccc(S(C)(=O)=O)cc2s1. The maximum absolute atomic E-state index is 13.0. The summed E-state index contributed by atoms with van der Waals surface area (Å²) in [6.07, 6.45) is 1.18. The second-order valence-corrected chi connectivity index (χ2v) is 11.7. The van der Waals surface area contributed by atoms with Gasteiger partial charge < -0.3 is 4.90 Å². The first-order valence-electron chi connectivity index (χ1n) is 7.98. The normalized spacial score (nSPS) is 12.0. The number of likely N-dealkylation sites (N-methyl/N-ethyl adjacent to an activating group) is 1. The molecule has 27 heavy (non-hydrogen) atoms. The highest BCUT2D eigenvalue weighted by molar-refractivity contribution is 9.11. The molecule has 0 bridgehead atoms. The fourth-order valence-electron chi connectivity index (χ4n) is 2.39. The highest BCUT2D eigenvalue weighted by Crippen LogP contribution is 2.32. The van der Waals surface area contributed by atoms with E-state index in [2.05, 4.69) is 20.9 Å². The van der Waals surface area contributed by atoms with Gasteiger partial charge in [-0.2, -0.15) is 0 Å². The third-order valence-electron chi connectivity index (χ3n) is 3.81. The van der Waals surface area contributed by atoms with Crippen molar-refractivity contribution < 1.29 is 13.2 Å². The first-order chi connectivity index (χ1) is 12.6. The number of thiazole rings is 1. The van der Waals surface area contributed by atoms with Crippen molar-refractivity contribution in [3.63, 3.8) is 0 Å². The Morgan fingerprint density at radius 3 is 2.48 bits per heavy atom. The van der Waals surface area contributed by atoms with Gasteiger partial charge in [0.25, 0.3) is 5.91 Å². The number of hydrogen-bond donors (Lipinski definition) is 0. The minimum Gasteiger partial charge on any atom is -0.308 e. The average Bonchev–Trinajstić information content (AvgIpc) is 3.19. The summed E-state index contributed by atoms with van der Waals surface area (Å²) in [5, 5.41) is 0.562. The lowest BCUT2D eigenvalue weighted by molar-refractivity contribution is 0.0989. The van der Waals surface area contributed by atoms with Crippen LogP contribution in [0.1, 0.15) is 9.67 Å². The van der Waals surface area contributed by atoms with Crippen molar-refractivity contribution in [1.82, 2.24) is 9.88 Å². The Bertz CT molecular complexity index is 1090. The topological polar surface area (TPSA) is 70.6 Å². The van der Waals surface area contributed by atoms with Gasteiger partial charge in [-0.05, 0) is 60.4 Å². The molecule has 1 amide bonds. The maximum Gasteiger partial charge on any atom is 0.270 e. The van der Waals surface area contributed by atoms with E-state index >= 15 is 0 Å². The van der Waals surface area contributed by atoms with E-state index in [0.29, 0.717) is 28.6 Å². The second-order valence-electron chi connectivity index (χ2n) is 6.26. The lowest BCUT2D eigenvalue weighted by Crippen LogP contribution is -2.36. The molecule has 0 aliphatic rings. The van der Waals surface area contributed by atoms with Crippen LogP contribution in [0.5, 0.6) is 0 Å². The Morgan fingerprint density at radius 1 is 1.15 bits per heavy atom. The molecule has 0 N–H and O–H groups in total. The Labute approximate surface area is 174 Å². The highest BCUT2D eigenvalue weighted by atomic mass is 79.9. The first kappa shape index (κ1) is 20.4. The zero-order valence-corrected chi connectivity index (χ0v) is 19.0. The average molecular weight is 488 g/mol. The standard InChI is InChI=1S/C17H18BrN3O3S3/c1-20(2)8-9-21(16(22)13-6-7-15(18)25-13)17-19-12-5-4-11(27(3,23)24)10-14(12)26-17/h4-7,10H,8-9H2,1-3H3. The predicted octanol–water partition coefficient (Wildman–Crippen LogP) is 3.73. The number of thiophene rings is 1. The van der Waals surface area contributed by atoms with Crippen LogP contribution in [0.2, 0.25) is 0 Å². The molecule has 0 aliphatic heterocycles. The van der Waals surface area contributed by atoms with Crippen LogP contribution in [0, 0.1) is 0 Å². The number of benzene rings is 1. The van der Waals surface area contributed by atoms with Crippen LogP contribution >= 0.6 is 38.6 Å². The molecular weight excluding hydrogens is 470 g/mol. The molecule has 3 rings (SSSR count). The van der Waals surface area contributed by atoms with E-state index < -0.39 is 9.84 Å². The minimum absolute atomic E-state index is 0.116. The fourth-order valence-corrected chi connectivity index (χ4v) is 5.47. The monoisotopic (exact) mass is 487 g/mol. The van der Waals surface area contributed by atoms with Crippen molar-refractivity contribution in [3.8, 4) is 0 Å². The van der Waals surface area contributed by atoms with Gasteiger partial charge in [0.2, 0.25) is 0 Å². The molecule has 0 radical (unpaired) electrons. The van der Waals surface area contributed by atoms with Gasteiger partial charge in [0.05, 0.1) is 23.8 Å². The number of rotatable bonds is 6. The summed E-state index contributed by atoms with van der Waals surface area (Å²) in [6.45, 7) is 1.17. The number of halogens is 1. The Hall–Kier alpha value is -1.33. The van der Waals surface area contributed by atoms with E-state index in [4.69, 9.17) is 0 Å². The number of nitrogens with zero attached hydrogens (tertiary/aromatic N) is 3. The number of carbonyl (C=O) groups is 1.